The largest absolute Gasteiger partial charge is 0.488 e. The number of hydrogen-bond donors (Lipinski definition) is 0. The van der Waals surface area contributed by atoms with Gasteiger partial charge in [0.05, 0.1) is 10.9 Å². The summed E-state index contributed by atoms with van der Waals surface area (Å²) in [5, 5.41) is 3.85. The van der Waals surface area contributed by atoms with Crippen LogP contribution in [0.3, 0.4) is 0 Å². The average Bonchev–Trinajstić information content (AvgIpc) is 3.54. The van der Waals surface area contributed by atoms with Gasteiger partial charge < -0.3 is 19.3 Å². The van der Waals surface area contributed by atoms with E-state index in [1.165, 1.54) is 22.3 Å². The van der Waals surface area contributed by atoms with Crippen LogP contribution >= 0.6 is 22.7 Å². The van der Waals surface area contributed by atoms with Gasteiger partial charge in [0.1, 0.15) is 13.2 Å². The minimum atomic E-state index is -0.437. The normalized spacial score (nSPS) is 15.1. The summed E-state index contributed by atoms with van der Waals surface area (Å²) in [6.07, 6.45) is 1.38. The number of thiophene rings is 2. The molecule has 1 aliphatic rings. The van der Waals surface area contributed by atoms with E-state index in [1.54, 1.807) is 52.5 Å². The number of hydrogen-bond acceptors (Lipinski definition) is 6. The number of fused-ring (bicyclic) bond motifs is 1. The first kappa shape index (κ1) is 24.4. The molecule has 34 heavy (non-hydrogen) atoms. The average molecular weight is 503 g/mol. The number of carbonyl (C=O) groups excluding carboxylic acids is 2. The molecular weight excluding hydrogens is 475 g/mol. The van der Waals surface area contributed by atoms with Crippen LogP contribution in [-0.4, -0.2) is 61.6 Å². The quantitative estimate of drug-likeness (QED) is 0.379. The summed E-state index contributed by atoms with van der Waals surface area (Å²) in [7, 11) is 1.61. The fourth-order valence-corrected chi connectivity index (χ4v) is 5.69. The highest BCUT2D eigenvalue weighted by Gasteiger charge is 2.33. The fraction of sp³-hybridized carbons (Fsp3) is 0.360. The zero-order chi connectivity index (χ0) is 23.9. The second-order valence-electron chi connectivity index (χ2n) is 7.94. The van der Waals surface area contributed by atoms with E-state index < -0.39 is 5.82 Å². The Bertz CT molecular complexity index is 1100. The first-order valence-electron chi connectivity index (χ1n) is 11.1. The smallest absolute Gasteiger partial charge is 0.264 e. The Morgan fingerprint density at radius 2 is 2.00 bits per heavy atom. The molecule has 2 aromatic heterocycles. The standard InChI is InChI=1S/C25H27FN2O4S2/c1-31-13-5-11-27(25(30)23-8-4-14-33-23)16-24(29)28-12-9-22-18(10-15-34-22)20(28)17-32-21-7-3-2-6-19(21)26/h2-4,6-8,10,14-15,20H,5,9,11-13,16-17H2,1H3. The predicted octanol–water partition coefficient (Wildman–Crippen LogP) is 4.63. The summed E-state index contributed by atoms with van der Waals surface area (Å²) in [5.41, 5.74) is 1.02. The maximum Gasteiger partial charge on any atom is 0.264 e. The lowest BCUT2D eigenvalue weighted by Gasteiger charge is -2.37. The van der Waals surface area contributed by atoms with Gasteiger partial charge in [-0.3, -0.25) is 9.59 Å². The molecule has 0 bridgehead atoms. The molecule has 1 aliphatic heterocycles. The van der Waals surface area contributed by atoms with E-state index in [-0.39, 0.29) is 36.8 Å². The van der Waals surface area contributed by atoms with E-state index in [2.05, 4.69) is 0 Å². The van der Waals surface area contributed by atoms with Crippen LogP contribution in [0.15, 0.2) is 53.2 Å². The van der Waals surface area contributed by atoms with Gasteiger partial charge in [0.15, 0.2) is 11.6 Å². The van der Waals surface area contributed by atoms with Crippen molar-refractivity contribution >= 4 is 34.5 Å². The summed E-state index contributed by atoms with van der Waals surface area (Å²) >= 11 is 3.01. The summed E-state index contributed by atoms with van der Waals surface area (Å²) in [5.74, 6) is -0.591. The first-order valence-corrected chi connectivity index (χ1v) is 12.9. The van der Waals surface area contributed by atoms with Crippen LogP contribution in [0.4, 0.5) is 4.39 Å². The van der Waals surface area contributed by atoms with Crippen molar-refractivity contribution in [1.82, 2.24) is 9.80 Å². The van der Waals surface area contributed by atoms with Gasteiger partial charge in [-0.2, -0.15) is 0 Å². The van der Waals surface area contributed by atoms with Crippen molar-refractivity contribution in [2.45, 2.75) is 18.9 Å². The lowest BCUT2D eigenvalue weighted by atomic mass is 10.0. The number of methoxy groups -OCH3 is 1. The zero-order valence-electron chi connectivity index (χ0n) is 18.9. The number of para-hydroxylation sites is 1. The van der Waals surface area contributed by atoms with Crippen LogP contribution in [0.1, 0.15) is 32.6 Å². The summed E-state index contributed by atoms with van der Waals surface area (Å²) in [6, 6.07) is 11.5. The molecule has 0 saturated heterocycles. The van der Waals surface area contributed by atoms with Crippen LogP contribution in [0.5, 0.6) is 5.75 Å². The van der Waals surface area contributed by atoms with Crippen molar-refractivity contribution in [1.29, 1.82) is 0 Å². The summed E-state index contributed by atoms with van der Waals surface area (Å²) in [4.78, 5) is 31.7. The Morgan fingerprint density at radius 1 is 1.15 bits per heavy atom. The molecule has 1 atom stereocenters. The topological polar surface area (TPSA) is 59.1 Å². The number of carbonyl (C=O) groups is 2. The van der Waals surface area contributed by atoms with Crippen molar-refractivity contribution in [3.05, 3.63) is 74.4 Å². The van der Waals surface area contributed by atoms with Crippen LogP contribution in [0.25, 0.3) is 0 Å². The van der Waals surface area contributed by atoms with Gasteiger partial charge >= 0.3 is 0 Å². The van der Waals surface area contributed by atoms with Crippen molar-refractivity contribution in [2.24, 2.45) is 0 Å². The van der Waals surface area contributed by atoms with Crippen LogP contribution in [0, 0.1) is 5.82 Å². The molecule has 6 nitrogen and oxygen atoms in total. The number of halogens is 1. The Labute approximate surface area is 206 Å². The van der Waals surface area contributed by atoms with Crippen LogP contribution in [-0.2, 0) is 16.0 Å². The maximum absolute atomic E-state index is 14.1. The summed E-state index contributed by atoms with van der Waals surface area (Å²) < 4.78 is 25.1. The van der Waals surface area contributed by atoms with E-state index in [9.17, 15) is 14.0 Å². The molecule has 0 N–H and O–H groups in total. The Balaban J connectivity index is 1.51. The highest BCUT2D eigenvalue weighted by molar-refractivity contribution is 7.12. The maximum atomic E-state index is 14.1. The number of amides is 2. The van der Waals surface area contributed by atoms with Gasteiger partial charge in [-0.05, 0) is 53.4 Å². The monoisotopic (exact) mass is 502 g/mol. The predicted molar refractivity (Wildman–Crippen MR) is 131 cm³/mol. The second kappa shape index (κ2) is 11.6. The number of nitrogens with zero attached hydrogens (tertiary/aromatic N) is 2. The third-order valence-corrected chi connectivity index (χ3v) is 7.62. The number of benzene rings is 1. The molecule has 0 saturated carbocycles. The molecule has 0 aliphatic carbocycles. The number of ether oxygens (including phenoxy) is 2. The van der Waals surface area contributed by atoms with E-state index in [4.69, 9.17) is 9.47 Å². The Hall–Kier alpha value is -2.75. The third-order valence-electron chi connectivity index (χ3n) is 5.77. The molecule has 3 heterocycles. The molecule has 4 rings (SSSR count). The van der Waals surface area contributed by atoms with Crippen LogP contribution in [0.2, 0.25) is 0 Å². The lowest BCUT2D eigenvalue weighted by Crippen LogP contribution is -2.48. The van der Waals surface area contributed by atoms with E-state index in [0.29, 0.717) is 31.0 Å². The third kappa shape index (κ3) is 5.65. The molecule has 0 spiro atoms. The summed E-state index contributed by atoms with van der Waals surface area (Å²) in [6.45, 7) is 1.56. The number of rotatable bonds is 10. The van der Waals surface area contributed by atoms with E-state index in [1.807, 2.05) is 22.9 Å². The minimum Gasteiger partial charge on any atom is -0.488 e. The second-order valence-corrected chi connectivity index (χ2v) is 9.89. The molecule has 180 valence electrons. The minimum absolute atomic E-state index is 0.0316. The molecule has 0 radical (unpaired) electrons. The van der Waals surface area contributed by atoms with Crippen molar-refractivity contribution in [3.63, 3.8) is 0 Å². The lowest BCUT2D eigenvalue weighted by molar-refractivity contribution is -0.135. The van der Waals surface area contributed by atoms with Gasteiger partial charge in [-0.25, -0.2) is 4.39 Å². The van der Waals surface area contributed by atoms with Crippen molar-refractivity contribution < 1.29 is 23.5 Å². The molecule has 3 aromatic rings. The van der Waals surface area contributed by atoms with Crippen LogP contribution < -0.4 is 4.74 Å². The fourth-order valence-electron chi connectivity index (χ4n) is 4.07. The van der Waals surface area contributed by atoms with E-state index >= 15 is 0 Å². The van der Waals surface area contributed by atoms with E-state index in [0.717, 1.165) is 12.0 Å². The Morgan fingerprint density at radius 3 is 2.76 bits per heavy atom. The first-order chi connectivity index (χ1) is 16.6. The Kier molecular flexibility index (Phi) is 8.31. The SMILES string of the molecule is COCCCN(CC(=O)N1CCc2sccc2C1COc1ccccc1F)C(=O)c1cccs1. The molecular formula is C25H27FN2O4S2. The van der Waals surface area contributed by atoms with Gasteiger partial charge in [-0.15, -0.1) is 22.7 Å². The van der Waals surface area contributed by atoms with Gasteiger partial charge in [0.2, 0.25) is 5.91 Å². The van der Waals surface area contributed by atoms with Gasteiger partial charge in [-0.1, -0.05) is 18.2 Å². The highest BCUT2D eigenvalue weighted by atomic mass is 32.1. The molecule has 1 unspecified atom stereocenters. The van der Waals surface area contributed by atoms with Crippen molar-refractivity contribution in [2.75, 3.05) is 40.0 Å². The van der Waals surface area contributed by atoms with Gasteiger partial charge in [0, 0.05) is 31.7 Å². The molecule has 9 heteroatoms. The zero-order valence-corrected chi connectivity index (χ0v) is 20.6. The highest BCUT2D eigenvalue weighted by Crippen LogP contribution is 2.34. The molecule has 1 aromatic carbocycles. The van der Waals surface area contributed by atoms with Gasteiger partial charge in [0.25, 0.3) is 5.91 Å². The molecule has 0 fully saturated rings. The molecule has 2 amide bonds. The van der Waals surface area contributed by atoms with Crippen molar-refractivity contribution in [3.8, 4) is 5.75 Å².